The summed E-state index contributed by atoms with van der Waals surface area (Å²) in [4.78, 5) is 31.9. The van der Waals surface area contributed by atoms with Gasteiger partial charge in [-0.05, 0) is 43.3 Å². The van der Waals surface area contributed by atoms with E-state index in [0.29, 0.717) is 40.8 Å². The number of nitrogens with two attached hydrogens (primary N) is 1. The largest absolute Gasteiger partial charge is 0.368 e. The minimum absolute atomic E-state index is 0.144. The smallest absolute Gasteiger partial charge is 0.254 e. The third kappa shape index (κ3) is 3.93. The fraction of sp³-hybridized carbons (Fsp3) is 0.136. The molecule has 7 nitrogen and oxygen atoms in total. The van der Waals surface area contributed by atoms with E-state index in [1.54, 1.807) is 35.6 Å². The van der Waals surface area contributed by atoms with Gasteiger partial charge < -0.3 is 10.6 Å². The number of hydrogen-bond donors (Lipinski definition) is 1. The first kappa shape index (κ1) is 19.4. The Balaban J connectivity index is 1.81. The minimum atomic E-state index is -0.435. The zero-order valence-electron chi connectivity index (χ0n) is 16.3. The molecule has 150 valence electrons. The fourth-order valence-electron chi connectivity index (χ4n) is 3.18. The molecule has 0 saturated carbocycles. The van der Waals surface area contributed by atoms with E-state index in [4.69, 9.17) is 5.73 Å². The van der Waals surface area contributed by atoms with Crippen LogP contribution in [-0.4, -0.2) is 37.3 Å². The first-order valence-corrected chi connectivity index (χ1v) is 9.42. The molecule has 3 heterocycles. The lowest BCUT2D eigenvalue weighted by Gasteiger charge is -2.22. The molecule has 0 atom stereocenters. The van der Waals surface area contributed by atoms with Crippen molar-refractivity contribution in [2.75, 3.05) is 12.3 Å². The Labute approximate surface area is 172 Å². The lowest BCUT2D eigenvalue weighted by molar-refractivity contribution is 0.0752. The average Bonchev–Trinajstić information content (AvgIpc) is 2.77. The van der Waals surface area contributed by atoms with Gasteiger partial charge >= 0.3 is 0 Å². The van der Waals surface area contributed by atoms with Crippen LogP contribution in [0, 0.1) is 5.82 Å². The maximum atomic E-state index is 14.0. The molecule has 4 rings (SSSR count). The van der Waals surface area contributed by atoms with Crippen LogP contribution >= 0.6 is 0 Å². The normalized spacial score (nSPS) is 10.9. The van der Waals surface area contributed by atoms with E-state index < -0.39 is 5.82 Å². The summed E-state index contributed by atoms with van der Waals surface area (Å²) >= 11 is 0. The number of nitrogens with zero attached hydrogens (tertiary/aromatic N) is 5. The second-order valence-electron chi connectivity index (χ2n) is 6.69. The van der Waals surface area contributed by atoms with E-state index >= 15 is 0 Å². The number of carbonyl (C=O) groups is 1. The number of halogens is 1. The molecule has 0 bridgehead atoms. The van der Waals surface area contributed by atoms with Crippen LogP contribution in [0.5, 0.6) is 0 Å². The van der Waals surface area contributed by atoms with Gasteiger partial charge in [-0.25, -0.2) is 19.3 Å². The van der Waals surface area contributed by atoms with Crippen molar-refractivity contribution in [1.82, 2.24) is 24.8 Å². The molecule has 0 unspecified atom stereocenters. The van der Waals surface area contributed by atoms with Crippen molar-refractivity contribution < 1.29 is 9.18 Å². The SMILES string of the molecule is CCN(Cc1ccccn1)C(=O)c1cc(-c2cnc(N)nc2)nc2ccc(F)cc12. The summed E-state index contributed by atoms with van der Waals surface area (Å²) in [7, 11) is 0. The molecular weight excluding hydrogens is 383 g/mol. The number of rotatable bonds is 5. The predicted octanol–water partition coefficient (Wildman–Crippen LogP) is 3.47. The number of aromatic nitrogens is 4. The zero-order valence-corrected chi connectivity index (χ0v) is 16.3. The molecule has 1 amide bonds. The molecule has 0 aliphatic heterocycles. The van der Waals surface area contributed by atoms with Gasteiger partial charge in [0.25, 0.3) is 5.91 Å². The van der Waals surface area contributed by atoms with Gasteiger partial charge in [-0.15, -0.1) is 0 Å². The quantitative estimate of drug-likeness (QED) is 0.549. The second kappa shape index (κ2) is 8.20. The van der Waals surface area contributed by atoms with Gasteiger partial charge in [0, 0.05) is 36.1 Å². The Kier molecular flexibility index (Phi) is 5.30. The van der Waals surface area contributed by atoms with Crippen LogP contribution in [0.3, 0.4) is 0 Å². The first-order chi connectivity index (χ1) is 14.5. The number of fused-ring (bicyclic) bond motifs is 1. The van der Waals surface area contributed by atoms with Gasteiger partial charge in [0.15, 0.2) is 0 Å². The molecule has 2 N–H and O–H groups in total. The van der Waals surface area contributed by atoms with Crippen LogP contribution in [0.1, 0.15) is 23.0 Å². The van der Waals surface area contributed by atoms with Crippen LogP contribution in [0.2, 0.25) is 0 Å². The number of benzene rings is 1. The Bertz CT molecular complexity index is 1200. The third-order valence-electron chi connectivity index (χ3n) is 4.72. The Morgan fingerprint density at radius 3 is 2.60 bits per heavy atom. The van der Waals surface area contributed by atoms with E-state index in [1.807, 2.05) is 25.1 Å². The summed E-state index contributed by atoms with van der Waals surface area (Å²) in [5, 5.41) is 0.444. The summed E-state index contributed by atoms with van der Waals surface area (Å²) in [6.07, 6.45) is 4.77. The van der Waals surface area contributed by atoms with E-state index in [9.17, 15) is 9.18 Å². The van der Waals surface area contributed by atoms with Crippen molar-refractivity contribution in [3.8, 4) is 11.3 Å². The molecule has 0 radical (unpaired) electrons. The van der Waals surface area contributed by atoms with Crippen LogP contribution in [-0.2, 0) is 6.54 Å². The summed E-state index contributed by atoms with van der Waals surface area (Å²) in [6.45, 7) is 2.70. The highest BCUT2D eigenvalue weighted by atomic mass is 19.1. The Morgan fingerprint density at radius 1 is 1.10 bits per heavy atom. The monoisotopic (exact) mass is 402 g/mol. The summed E-state index contributed by atoms with van der Waals surface area (Å²) < 4.78 is 14.0. The molecule has 0 saturated heterocycles. The molecule has 0 aliphatic rings. The van der Waals surface area contributed by atoms with Gasteiger partial charge in [-0.2, -0.15) is 0 Å². The van der Waals surface area contributed by atoms with Crippen LogP contribution in [0.25, 0.3) is 22.2 Å². The average molecular weight is 402 g/mol. The number of hydrogen-bond acceptors (Lipinski definition) is 6. The molecule has 0 fully saturated rings. The van der Waals surface area contributed by atoms with Crippen molar-refractivity contribution in [2.24, 2.45) is 0 Å². The van der Waals surface area contributed by atoms with Gasteiger partial charge in [0.05, 0.1) is 29.0 Å². The fourth-order valence-corrected chi connectivity index (χ4v) is 3.18. The van der Waals surface area contributed by atoms with Gasteiger partial charge in [-0.3, -0.25) is 9.78 Å². The molecule has 4 aromatic rings. The number of carbonyl (C=O) groups excluding carboxylic acids is 1. The molecular formula is C22H19FN6O. The highest BCUT2D eigenvalue weighted by Crippen LogP contribution is 2.26. The lowest BCUT2D eigenvalue weighted by atomic mass is 10.0. The lowest BCUT2D eigenvalue weighted by Crippen LogP contribution is -2.31. The molecule has 1 aromatic carbocycles. The van der Waals surface area contributed by atoms with Crippen LogP contribution in [0.15, 0.2) is 61.1 Å². The first-order valence-electron chi connectivity index (χ1n) is 9.42. The summed E-state index contributed by atoms with van der Waals surface area (Å²) in [6, 6.07) is 11.4. The van der Waals surface area contributed by atoms with Crippen molar-refractivity contribution >= 4 is 22.8 Å². The maximum absolute atomic E-state index is 14.0. The Morgan fingerprint density at radius 2 is 1.90 bits per heavy atom. The van der Waals surface area contributed by atoms with E-state index in [0.717, 1.165) is 5.69 Å². The van der Waals surface area contributed by atoms with Crippen LogP contribution < -0.4 is 5.73 Å². The molecule has 30 heavy (non-hydrogen) atoms. The predicted molar refractivity (Wildman–Crippen MR) is 112 cm³/mol. The summed E-state index contributed by atoms with van der Waals surface area (Å²) in [5.41, 5.74) is 8.31. The topological polar surface area (TPSA) is 97.9 Å². The van der Waals surface area contributed by atoms with E-state index in [2.05, 4.69) is 19.9 Å². The third-order valence-corrected chi connectivity index (χ3v) is 4.72. The van der Waals surface area contributed by atoms with Gasteiger partial charge in [0.2, 0.25) is 5.95 Å². The highest BCUT2D eigenvalue weighted by molar-refractivity contribution is 6.07. The van der Waals surface area contributed by atoms with E-state index in [1.165, 1.54) is 12.1 Å². The molecule has 3 aromatic heterocycles. The van der Waals surface area contributed by atoms with Gasteiger partial charge in [0.1, 0.15) is 5.82 Å². The number of anilines is 1. The minimum Gasteiger partial charge on any atom is -0.368 e. The van der Waals surface area contributed by atoms with Crippen LogP contribution in [0.4, 0.5) is 10.3 Å². The molecule has 8 heteroatoms. The standard InChI is InChI=1S/C22H19FN6O/c1-2-29(13-16-5-3-4-8-25-16)21(30)18-10-20(14-11-26-22(24)27-12-14)28-19-7-6-15(23)9-17(18)19/h3-12H,2,13H2,1H3,(H2,24,26,27). The van der Waals surface area contributed by atoms with Crippen molar-refractivity contribution in [2.45, 2.75) is 13.5 Å². The number of pyridine rings is 2. The number of amides is 1. The van der Waals surface area contributed by atoms with Crippen molar-refractivity contribution in [1.29, 1.82) is 0 Å². The van der Waals surface area contributed by atoms with Gasteiger partial charge in [-0.1, -0.05) is 6.07 Å². The highest BCUT2D eigenvalue weighted by Gasteiger charge is 2.20. The summed E-state index contributed by atoms with van der Waals surface area (Å²) in [5.74, 6) is -0.529. The second-order valence-corrected chi connectivity index (χ2v) is 6.69. The zero-order chi connectivity index (χ0) is 21.1. The maximum Gasteiger partial charge on any atom is 0.254 e. The number of nitrogen functional groups attached to an aromatic ring is 1. The molecule has 0 spiro atoms. The van der Waals surface area contributed by atoms with Crippen molar-refractivity contribution in [3.63, 3.8) is 0 Å². The van der Waals surface area contributed by atoms with E-state index in [-0.39, 0.29) is 11.9 Å². The van der Waals surface area contributed by atoms with Crippen molar-refractivity contribution in [3.05, 3.63) is 78.1 Å². The Hall–Kier alpha value is -3.94. The molecule has 0 aliphatic carbocycles.